The van der Waals surface area contributed by atoms with Crippen LogP contribution in [0.2, 0.25) is 0 Å². The number of amides is 1. The molecule has 108 valence electrons. The molecule has 0 spiro atoms. The third kappa shape index (κ3) is 3.66. The fourth-order valence-corrected chi connectivity index (χ4v) is 1.93. The minimum Gasteiger partial charge on any atom is -0.478 e. The number of carbonyl (C=O) groups excluding carboxylic acids is 1. The van der Waals surface area contributed by atoms with Crippen molar-refractivity contribution in [3.8, 4) is 0 Å². The van der Waals surface area contributed by atoms with Gasteiger partial charge in [-0.2, -0.15) is 0 Å². The van der Waals surface area contributed by atoms with Crippen LogP contribution in [-0.2, 0) is 0 Å². The summed E-state index contributed by atoms with van der Waals surface area (Å²) >= 11 is 0. The van der Waals surface area contributed by atoms with E-state index in [1.807, 2.05) is 0 Å². The second-order valence-electron chi connectivity index (χ2n) is 4.64. The molecule has 2 N–H and O–H groups in total. The lowest BCUT2D eigenvalue weighted by molar-refractivity contribution is 0.0697. The maximum atomic E-state index is 13.2. The first-order valence-corrected chi connectivity index (χ1v) is 6.37. The average molecular weight is 287 g/mol. The summed E-state index contributed by atoms with van der Waals surface area (Å²) in [5.41, 5.74) is 0.928. The summed E-state index contributed by atoms with van der Waals surface area (Å²) in [6.45, 7) is 1.73. The zero-order chi connectivity index (χ0) is 15.4. The fourth-order valence-electron chi connectivity index (χ4n) is 1.93. The van der Waals surface area contributed by atoms with Crippen LogP contribution in [0.15, 0.2) is 48.5 Å². The van der Waals surface area contributed by atoms with Gasteiger partial charge in [0.05, 0.1) is 11.6 Å². The van der Waals surface area contributed by atoms with Crippen LogP contribution in [-0.4, -0.2) is 17.0 Å². The molecule has 0 radical (unpaired) electrons. The summed E-state index contributed by atoms with van der Waals surface area (Å²) in [5, 5.41) is 11.6. The van der Waals surface area contributed by atoms with Crippen LogP contribution in [0.4, 0.5) is 4.39 Å². The third-order valence-electron chi connectivity index (χ3n) is 3.07. The molecule has 0 fully saturated rings. The molecule has 0 bridgehead atoms. The van der Waals surface area contributed by atoms with Gasteiger partial charge in [0, 0.05) is 5.56 Å². The van der Waals surface area contributed by atoms with E-state index in [9.17, 15) is 14.0 Å². The summed E-state index contributed by atoms with van der Waals surface area (Å²) in [4.78, 5) is 23.0. The number of hydrogen-bond donors (Lipinski definition) is 2. The molecule has 0 heterocycles. The van der Waals surface area contributed by atoms with Crippen molar-refractivity contribution in [2.75, 3.05) is 0 Å². The van der Waals surface area contributed by atoms with Crippen LogP contribution in [0.5, 0.6) is 0 Å². The predicted molar refractivity (Wildman–Crippen MR) is 75.7 cm³/mol. The lowest BCUT2D eigenvalue weighted by Gasteiger charge is -2.14. The monoisotopic (exact) mass is 287 g/mol. The molecule has 2 rings (SSSR count). The summed E-state index contributed by atoms with van der Waals surface area (Å²) in [5.74, 6) is -1.88. The molecule has 1 atom stereocenters. The van der Waals surface area contributed by atoms with E-state index in [-0.39, 0.29) is 23.0 Å². The molecule has 1 unspecified atom stereocenters. The molecule has 4 nitrogen and oxygen atoms in total. The largest absolute Gasteiger partial charge is 0.478 e. The first kappa shape index (κ1) is 14.7. The molecule has 0 saturated carbocycles. The average Bonchev–Trinajstić information content (AvgIpc) is 2.47. The van der Waals surface area contributed by atoms with Gasteiger partial charge in [0.2, 0.25) is 0 Å². The Morgan fingerprint density at radius 3 is 2.43 bits per heavy atom. The van der Waals surface area contributed by atoms with Gasteiger partial charge in [0.25, 0.3) is 5.91 Å². The molecule has 0 aromatic heterocycles. The van der Waals surface area contributed by atoms with Crippen molar-refractivity contribution >= 4 is 11.9 Å². The normalized spacial score (nSPS) is 11.7. The topological polar surface area (TPSA) is 66.4 Å². The zero-order valence-electron chi connectivity index (χ0n) is 11.3. The molecule has 21 heavy (non-hydrogen) atoms. The van der Waals surface area contributed by atoms with E-state index in [2.05, 4.69) is 5.32 Å². The molecule has 5 heteroatoms. The number of carboxylic acid groups (broad SMARTS) is 1. The Hall–Kier alpha value is -2.69. The Bertz CT molecular complexity index is 685. The van der Waals surface area contributed by atoms with Crippen LogP contribution in [0, 0.1) is 5.82 Å². The van der Waals surface area contributed by atoms with Gasteiger partial charge < -0.3 is 10.4 Å². The number of carboxylic acids is 1. The Balaban J connectivity index is 2.14. The molecule has 0 saturated heterocycles. The molecule has 1 amide bonds. The highest BCUT2D eigenvalue weighted by Gasteiger charge is 2.13. The van der Waals surface area contributed by atoms with Crippen molar-refractivity contribution in [1.29, 1.82) is 0 Å². The second-order valence-corrected chi connectivity index (χ2v) is 4.64. The Morgan fingerprint density at radius 2 is 1.76 bits per heavy atom. The first-order chi connectivity index (χ1) is 9.97. The summed E-state index contributed by atoms with van der Waals surface area (Å²) in [6.07, 6.45) is 0. The number of aromatic carboxylic acids is 1. The van der Waals surface area contributed by atoms with Crippen LogP contribution < -0.4 is 5.32 Å². The van der Waals surface area contributed by atoms with Gasteiger partial charge in [-0.05, 0) is 42.8 Å². The van der Waals surface area contributed by atoms with Gasteiger partial charge in [-0.1, -0.05) is 18.2 Å². The first-order valence-electron chi connectivity index (χ1n) is 6.37. The van der Waals surface area contributed by atoms with Gasteiger partial charge in [0.15, 0.2) is 0 Å². The molecular formula is C16H14FNO3. The van der Waals surface area contributed by atoms with Gasteiger partial charge >= 0.3 is 5.97 Å². The van der Waals surface area contributed by atoms with Crippen LogP contribution in [0.3, 0.4) is 0 Å². The van der Waals surface area contributed by atoms with Crippen LogP contribution in [0.25, 0.3) is 0 Å². The Kier molecular flexibility index (Phi) is 4.33. The van der Waals surface area contributed by atoms with Gasteiger partial charge in [-0.15, -0.1) is 0 Å². The molecular weight excluding hydrogens is 273 g/mol. The quantitative estimate of drug-likeness (QED) is 0.908. The van der Waals surface area contributed by atoms with Gasteiger partial charge in [-0.25, -0.2) is 9.18 Å². The van der Waals surface area contributed by atoms with Crippen molar-refractivity contribution in [1.82, 2.24) is 5.32 Å². The van der Waals surface area contributed by atoms with Crippen molar-refractivity contribution in [3.05, 3.63) is 71.0 Å². The van der Waals surface area contributed by atoms with E-state index in [0.29, 0.717) is 5.56 Å². The van der Waals surface area contributed by atoms with Gasteiger partial charge in [-0.3, -0.25) is 4.79 Å². The highest BCUT2D eigenvalue weighted by Crippen LogP contribution is 2.14. The summed E-state index contributed by atoms with van der Waals surface area (Å²) in [7, 11) is 0. The van der Waals surface area contributed by atoms with E-state index in [0.717, 1.165) is 0 Å². The Labute approximate surface area is 121 Å². The van der Waals surface area contributed by atoms with E-state index < -0.39 is 11.9 Å². The molecule has 2 aromatic carbocycles. The number of nitrogens with one attached hydrogen (secondary N) is 1. The number of hydrogen-bond acceptors (Lipinski definition) is 2. The predicted octanol–water partition coefficient (Wildman–Crippen LogP) is 3.01. The minimum atomic E-state index is -1.09. The molecule has 2 aromatic rings. The van der Waals surface area contributed by atoms with E-state index >= 15 is 0 Å². The molecule has 0 aliphatic heterocycles. The van der Waals surface area contributed by atoms with Crippen molar-refractivity contribution < 1.29 is 19.1 Å². The second kappa shape index (κ2) is 6.17. The number of carbonyl (C=O) groups is 2. The SMILES string of the molecule is CC(NC(=O)c1cccc(C(=O)O)c1)c1cccc(F)c1. The highest BCUT2D eigenvalue weighted by molar-refractivity contribution is 5.97. The van der Waals surface area contributed by atoms with E-state index in [1.54, 1.807) is 19.1 Å². The highest BCUT2D eigenvalue weighted by atomic mass is 19.1. The summed E-state index contributed by atoms with van der Waals surface area (Å²) in [6, 6.07) is 11.3. The zero-order valence-corrected chi connectivity index (χ0v) is 11.3. The minimum absolute atomic E-state index is 0.0426. The lowest BCUT2D eigenvalue weighted by atomic mass is 10.1. The number of halogens is 1. The third-order valence-corrected chi connectivity index (χ3v) is 3.07. The van der Waals surface area contributed by atoms with Crippen LogP contribution >= 0.6 is 0 Å². The maximum absolute atomic E-state index is 13.2. The van der Waals surface area contributed by atoms with Gasteiger partial charge in [0.1, 0.15) is 5.82 Å². The maximum Gasteiger partial charge on any atom is 0.335 e. The Morgan fingerprint density at radius 1 is 1.10 bits per heavy atom. The number of rotatable bonds is 4. The van der Waals surface area contributed by atoms with E-state index in [4.69, 9.17) is 5.11 Å². The van der Waals surface area contributed by atoms with Crippen LogP contribution in [0.1, 0.15) is 39.2 Å². The smallest absolute Gasteiger partial charge is 0.335 e. The van der Waals surface area contributed by atoms with E-state index in [1.165, 1.54) is 36.4 Å². The van der Waals surface area contributed by atoms with Crippen molar-refractivity contribution in [2.45, 2.75) is 13.0 Å². The molecule has 0 aliphatic carbocycles. The fraction of sp³-hybridized carbons (Fsp3) is 0.125. The number of benzene rings is 2. The lowest BCUT2D eigenvalue weighted by Crippen LogP contribution is -2.26. The van der Waals surface area contributed by atoms with Crippen molar-refractivity contribution in [2.24, 2.45) is 0 Å². The standard InChI is InChI=1S/C16H14FNO3/c1-10(11-4-3-7-14(17)9-11)18-15(19)12-5-2-6-13(8-12)16(20)21/h2-10H,1H3,(H,18,19)(H,20,21). The molecule has 0 aliphatic rings. The summed E-state index contributed by atoms with van der Waals surface area (Å²) < 4.78 is 13.2. The van der Waals surface area contributed by atoms with Crippen molar-refractivity contribution in [3.63, 3.8) is 0 Å².